The number of amidine groups is 1. The molecule has 0 aliphatic carbocycles. The first-order valence-corrected chi connectivity index (χ1v) is 18.4. The van der Waals surface area contributed by atoms with Crippen LogP contribution >= 0.6 is 0 Å². The van der Waals surface area contributed by atoms with Gasteiger partial charge in [0, 0.05) is 18.0 Å². The van der Waals surface area contributed by atoms with Crippen molar-refractivity contribution in [2.24, 2.45) is 4.99 Å². The molecule has 3 heteroatoms. The van der Waals surface area contributed by atoms with Crippen molar-refractivity contribution in [2.45, 2.75) is 6.04 Å². The number of nitrogens with one attached hydrogen (secondary N) is 1. The maximum absolute atomic E-state index is 5.24. The highest BCUT2D eigenvalue weighted by Gasteiger charge is 2.21. The van der Waals surface area contributed by atoms with Gasteiger partial charge in [-0.25, -0.2) is 4.99 Å². The second-order valence-corrected chi connectivity index (χ2v) is 13.9. The van der Waals surface area contributed by atoms with Gasteiger partial charge in [0.2, 0.25) is 0 Å². The summed E-state index contributed by atoms with van der Waals surface area (Å²) in [4.78, 5) is 9.55. The molecule has 8 aromatic carbocycles. The Kier molecular flexibility index (Phi) is 7.88. The molecule has 1 aliphatic rings. The normalized spacial score (nSPS) is 14.1. The van der Waals surface area contributed by atoms with E-state index >= 15 is 0 Å². The number of aromatic nitrogens is 1. The largest absolute Gasteiger partial charge is 0.359 e. The van der Waals surface area contributed by atoms with Gasteiger partial charge in [-0.3, -0.25) is 4.98 Å². The summed E-state index contributed by atoms with van der Waals surface area (Å²) >= 11 is 0. The second-order valence-electron chi connectivity index (χ2n) is 13.9. The van der Waals surface area contributed by atoms with Crippen molar-refractivity contribution in [3.05, 3.63) is 217 Å². The maximum atomic E-state index is 5.24. The Morgan fingerprint density at radius 1 is 0.370 bits per heavy atom. The van der Waals surface area contributed by atoms with Crippen molar-refractivity contribution >= 4 is 43.9 Å². The van der Waals surface area contributed by atoms with E-state index in [1.807, 2.05) is 12.3 Å². The minimum Gasteiger partial charge on any atom is -0.359 e. The molecule has 10 rings (SSSR count). The molecule has 0 fully saturated rings. The second kappa shape index (κ2) is 13.5. The molecule has 0 spiro atoms. The van der Waals surface area contributed by atoms with Gasteiger partial charge in [0.25, 0.3) is 0 Å². The number of hydrogen-bond acceptors (Lipinski definition) is 3. The number of aliphatic imine (C=N–C) groups is 1. The van der Waals surface area contributed by atoms with Gasteiger partial charge >= 0.3 is 0 Å². The molecule has 0 bridgehead atoms. The predicted molar refractivity (Wildman–Crippen MR) is 226 cm³/mol. The van der Waals surface area contributed by atoms with Crippen LogP contribution in [0.2, 0.25) is 0 Å². The van der Waals surface area contributed by atoms with Crippen LogP contribution in [0.5, 0.6) is 0 Å². The zero-order valence-corrected chi connectivity index (χ0v) is 29.5. The van der Waals surface area contributed by atoms with E-state index in [1.165, 1.54) is 60.1 Å². The van der Waals surface area contributed by atoms with Crippen LogP contribution in [0.3, 0.4) is 0 Å². The predicted octanol–water partition coefficient (Wildman–Crippen LogP) is 12.7. The van der Waals surface area contributed by atoms with Crippen LogP contribution in [-0.2, 0) is 0 Å². The Hall–Kier alpha value is -7.10. The maximum Gasteiger partial charge on any atom is 0.134 e. The van der Waals surface area contributed by atoms with E-state index in [0.29, 0.717) is 0 Å². The van der Waals surface area contributed by atoms with E-state index in [2.05, 4.69) is 192 Å². The summed E-state index contributed by atoms with van der Waals surface area (Å²) < 4.78 is 0. The van der Waals surface area contributed by atoms with E-state index in [1.54, 1.807) is 6.20 Å². The highest BCUT2D eigenvalue weighted by Crippen LogP contribution is 2.37. The number of rotatable bonds is 6. The van der Waals surface area contributed by atoms with E-state index < -0.39 is 0 Å². The summed E-state index contributed by atoms with van der Waals surface area (Å²) in [6.45, 7) is 0. The highest BCUT2D eigenvalue weighted by atomic mass is 15.0. The van der Waals surface area contributed by atoms with Gasteiger partial charge < -0.3 is 5.32 Å². The van der Waals surface area contributed by atoms with Crippen LogP contribution in [0.1, 0.15) is 22.7 Å². The monoisotopic (exact) mass is 689 g/mol. The van der Waals surface area contributed by atoms with Crippen molar-refractivity contribution in [3.63, 3.8) is 0 Å². The van der Waals surface area contributed by atoms with E-state index in [4.69, 9.17) is 4.99 Å². The minimum atomic E-state index is -0.0718. The van der Waals surface area contributed by atoms with Crippen LogP contribution in [0.25, 0.3) is 71.4 Å². The quantitative estimate of drug-likeness (QED) is 0.176. The smallest absolute Gasteiger partial charge is 0.134 e. The molecule has 54 heavy (non-hydrogen) atoms. The van der Waals surface area contributed by atoms with E-state index in [9.17, 15) is 0 Å². The standard InChI is InChI=1S/C51H35N3/c1-2-10-34(11-3-1)39-12-8-13-41(30-39)50-32-49(37-23-19-36(20-24-37)42-14-9-29-52-33-42)53-51(54-50)38-25-21-35(22-26-38)40-27-28-47-45-17-5-4-15-43(45)44-16-6-7-18-46(44)48(47)31-40/h1-33,50H,(H,53,54). The molecule has 1 unspecified atom stereocenters. The molecule has 1 atom stereocenters. The molecule has 9 aromatic rings. The number of fused-ring (bicyclic) bond motifs is 6. The van der Waals surface area contributed by atoms with E-state index in [0.717, 1.165) is 33.8 Å². The Morgan fingerprint density at radius 2 is 0.889 bits per heavy atom. The number of nitrogens with zero attached hydrogens (tertiary/aromatic N) is 2. The molecular formula is C51H35N3. The average Bonchev–Trinajstić information content (AvgIpc) is 3.27. The molecule has 0 saturated heterocycles. The van der Waals surface area contributed by atoms with Crippen molar-refractivity contribution in [3.8, 4) is 33.4 Å². The van der Waals surface area contributed by atoms with Gasteiger partial charge in [0.1, 0.15) is 5.84 Å². The van der Waals surface area contributed by atoms with Gasteiger partial charge in [0.15, 0.2) is 0 Å². The molecule has 1 N–H and O–H groups in total. The summed E-state index contributed by atoms with van der Waals surface area (Å²) in [7, 11) is 0. The van der Waals surface area contributed by atoms with Crippen LogP contribution in [0.4, 0.5) is 0 Å². The van der Waals surface area contributed by atoms with E-state index in [-0.39, 0.29) is 6.04 Å². The third-order valence-electron chi connectivity index (χ3n) is 10.6. The molecular weight excluding hydrogens is 655 g/mol. The van der Waals surface area contributed by atoms with Crippen LogP contribution < -0.4 is 5.32 Å². The lowest BCUT2D eigenvalue weighted by molar-refractivity contribution is 0.781. The Labute approximate surface area is 314 Å². The van der Waals surface area contributed by atoms with Crippen LogP contribution in [0.15, 0.2) is 205 Å². The van der Waals surface area contributed by atoms with Crippen molar-refractivity contribution in [1.82, 2.24) is 10.3 Å². The lowest BCUT2D eigenvalue weighted by Crippen LogP contribution is -2.31. The SMILES string of the molecule is C1=C(c2ccc(-c3cccnc3)cc2)N=C(c2ccc(-c3ccc4c5ccccc5c5ccccc5c4c3)cc2)NC1c1cccc(-c2ccccc2)c1. The molecule has 2 heterocycles. The Bertz CT molecular complexity index is 2840. The summed E-state index contributed by atoms with van der Waals surface area (Å²) in [6, 6.07) is 65.1. The number of benzene rings is 8. The summed E-state index contributed by atoms with van der Waals surface area (Å²) in [5, 5.41) is 11.5. The lowest BCUT2D eigenvalue weighted by atomic mass is 9.92. The molecule has 254 valence electrons. The minimum absolute atomic E-state index is 0.0718. The van der Waals surface area contributed by atoms with Crippen molar-refractivity contribution in [2.75, 3.05) is 0 Å². The summed E-state index contributed by atoms with van der Waals surface area (Å²) in [5.41, 5.74) is 11.2. The Morgan fingerprint density at radius 3 is 1.57 bits per heavy atom. The molecule has 0 radical (unpaired) electrons. The van der Waals surface area contributed by atoms with Gasteiger partial charge in [0.05, 0.1) is 11.7 Å². The van der Waals surface area contributed by atoms with Gasteiger partial charge in [-0.05, 0) is 101 Å². The average molecular weight is 690 g/mol. The molecule has 1 aliphatic heterocycles. The summed E-state index contributed by atoms with van der Waals surface area (Å²) in [5.74, 6) is 0.849. The first-order chi connectivity index (χ1) is 26.7. The first kappa shape index (κ1) is 31.6. The third-order valence-corrected chi connectivity index (χ3v) is 10.6. The first-order valence-electron chi connectivity index (χ1n) is 18.4. The lowest BCUT2D eigenvalue weighted by Gasteiger charge is -2.25. The topological polar surface area (TPSA) is 37.3 Å². The van der Waals surface area contributed by atoms with Gasteiger partial charge in [-0.1, -0.05) is 164 Å². The zero-order chi connectivity index (χ0) is 35.8. The third kappa shape index (κ3) is 5.82. The fraction of sp³-hybridized carbons (Fsp3) is 0.0196. The van der Waals surface area contributed by atoms with Gasteiger partial charge in [-0.2, -0.15) is 0 Å². The fourth-order valence-electron chi connectivity index (χ4n) is 7.84. The molecule has 1 aromatic heterocycles. The molecule has 0 amide bonds. The number of hydrogen-bond donors (Lipinski definition) is 1. The summed E-state index contributed by atoms with van der Waals surface area (Å²) in [6.07, 6.45) is 5.94. The van der Waals surface area contributed by atoms with Crippen molar-refractivity contribution < 1.29 is 0 Å². The number of pyridine rings is 1. The van der Waals surface area contributed by atoms with Crippen LogP contribution in [0, 0.1) is 0 Å². The fourth-order valence-corrected chi connectivity index (χ4v) is 7.84. The van der Waals surface area contributed by atoms with Crippen LogP contribution in [-0.4, -0.2) is 10.8 Å². The van der Waals surface area contributed by atoms with Crippen molar-refractivity contribution in [1.29, 1.82) is 0 Å². The zero-order valence-electron chi connectivity index (χ0n) is 29.5. The Balaban J connectivity index is 1.02. The molecule has 0 saturated carbocycles. The highest BCUT2D eigenvalue weighted by molar-refractivity contribution is 6.25. The van der Waals surface area contributed by atoms with Gasteiger partial charge in [-0.15, -0.1) is 0 Å². The molecule has 3 nitrogen and oxygen atoms in total.